The summed E-state index contributed by atoms with van der Waals surface area (Å²) in [6.45, 7) is 7.02. The van der Waals surface area contributed by atoms with Gasteiger partial charge in [-0.15, -0.1) is 0 Å². The average molecular weight is 395 g/mol. The van der Waals surface area contributed by atoms with E-state index in [1.807, 2.05) is 36.4 Å². The van der Waals surface area contributed by atoms with Crippen LogP contribution in [0.1, 0.15) is 41.6 Å². The molecule has 0 spiro atoms. The van der Waals surface area contributed by atoms with Crippen LogP contribution in [0.15, 0.2) is 40.8 Å². The van der Waals surface area contributed by atoms with Crippen molar-refractivity contribution in [2.24, 2.45) is 5.92 Å². The molecule has 0 saturated heterocycles. The third-order valence-corrected chi connectivity index (χ3v) is 5.18. The fourth-order valence-corrected chi connectivity index (χ4v) is 3.71. The van der Waals surface area contributed by atoms with Gasteiger partial charge in [-0.3, -0.25) is 4.79 Å². The summed E-state index contributed by atoms with van der Waals surface area (Å²) in [4.78, 5) is 13.2. The van der Waals surface area contributed by atoms with E-state index in [-0.39, 0.29) is 17.9 Å². The number of carbonyl (C=O) groups is 1. The Bertz CT molecular complexity index is 1050. The Morgan fingerprint density at radius 3 is 2.55 bits per heavy atom. The number of nitrogens with one attached hydrogen (secondary N) is 1. The molecule has 0 fully saturated rings. The molecule has 1 unspecified atom stereocenters. The number of furan rings is 1. The maximum atomic E-state index is 13.2. The molecule has 1 amide bonds. The van der Waals surface area contributed by atoms with Crippen molar-refractivity contribution in [1.82, 2.24) is 5.32 Å². The zero-order valence-corrected chi connectivity index (χ0v) is 17.1. The van der Waals surface area contributed by atoms with E-state index in [4.69, 9.17) is 18.6 Å². The first-order chi connectivity index (χ1) is 14.0. The van der Waals surface area contributed by atoms with Gasteiger partial charge in [0.05, 0.1) is 18.7 Å². The molecule has 29 heavy (non-hydrogen) atoms. The molecule has 1 aromatic heterocycles. The van der Waals surface area contributed by atoms with Gasteiger partial charge >= 0.3 is 0 Å². The van der Waals surface area contributed by atoms with E-state index >= 15 is 0 Å². The largest absolute Gasteiger partial charge is 0.497 e. The predicted octanol–water partition coefficient (Wildman–Crippen LogP) is 4.65. The summed E-state index contributed by atoms with van der Waals surface area (Å²) in [6.07, 6.45) is 0. The van der Waals surface area contributed by atoms with E-state index in [0.29, 0.717) is 41.6 Å². The van der Waals surface area contributed by atoms with Gasteiger partial charge in [-0.1, -0.05) is 19.9 Å². The highest BCUT2D eigenvalue weighted by Crippen LogP contribution is 2.35. The number of methoxy groups -OCH3 is 1. The second-order valence-electron chi connectivity index (χ2n) is 7.49. The minimum atomic E-state index is -0.187. The second-order valence-corrected chi connectivity index (χ2v) is 7.49. The minimum absolute atomic E-state index is 0.175. The Balaban J connectivity index is 1.67. The van der Waals surface area contributed by atoms with E-state index in [2.05, 4.69) is 19.2 Å². The highest BCUT2D eigenvalue weighted by atomic mass is 16.6. The quantitative estimate of drug-likeness (QED) is 0.681. The SMILES string of the molecule is COc1ccc2oc(C)c(C(=O)NC(c3ccc4c(c3)OCCO4)C(C)C)c2c1. The van der Waals surface area contributed by atoms with E-state index in [1.54, 1.807) is 14.0 Å². The van der Waals surface area contributed by atoms with Crippen molar-refractivity contribution in [1.29, 1.82) is 0 Å². The molecule has 2 heterocycles. The first-order valence-electron chi connectivity index (χ1n) is 9.75. The number of hydrogen-bond donors (Lipinski definition) is 1. The topological polar surface area (TPSA) is 69.9 Å². The number of carbonyl (C=O) groups excluding carboxylic acids is 1. The third-order valence-electron chi connectivity index (χ3n) is 5.18. The monoisotopic (exact) mass is 395 g/mol. The Labute approximate surface area is 169 Å². The third kappa shape index (κ3) is 3.62. The van der Waals surface area contributed by atoms with Gasteiger partial charge in [-0.05, 0) is 48.7 Å². The molecule has 1 aliphatic rings. The zero-order valence-electron chi connectivity index (χ0n) is 17.1. The average Bonchev–Trinajstić information content (AvgIpc) is 3.06. The molecule has 1 N–H and O–H groups in total. The lowest BCUT2D eigenvalue weighted by Gasteiger charge is -2.25. The summed E-state index contributed by atoms with van der Waals surface area (Å²) >= 11 is 0. The highest BCUT2D eigenvalue weighted by molar-refractivity contribution is 6.07. The van der Waals surface area contributed by atoms with Crippen LogP contribution >= 0.6 is 0 Å². The lowest BCUT2D eigenvalue weighted by molar-refractivity contribution is 0.0925. The smallest absolute Gasteiger partial charge is 0.255 e. The van der Waals surface area contributed by atoms with E-state index < -0.39 is 0 Å². The van der Waals surface area contributed by atoms with Crippen LogP contribution in [0.4, 0.5) is 0 Å². The van der Waals surface area contributed by atoms with Gasteiger partial charge in [0.1, 0.15) is 30.3 Å². The van der Waals surface area contributed by atoms with Crippen LogP contribution in [0.3, 0.4) is 0 Å². The summed E-state index contributed by atoms with van der Waals surface area (Å²) in [5, 5.41) is 3.92. The standard InChI is InChI=1S/C23H25NO5/c1-13(2)22(15-5-7-19-20(11-15)28-10-9-27-19)24-23(25)21-14(3)29-18-8-6-16(26-4)12-17(18)21/h5-8,11-13,22H,9-10H2,1-4H3,(H,24,25). The van der Waals surface area contributed by atoms with E-state index in [1.165, 1.54) is 0 Å². The molecule has 0 aliphatic carbocycles. The molecular formula is C23H25NO5. The van der Waals surface area contributed by atoms with Crippen molar-refractivity contribution < 1.29 is 23.4 Å². The van der Waals surface area contributed by atoms with Crippen molar-refractivity contribution in [3.63, 3.8) is 0 Å². The van der Waals surface area contributed by atoms with Crippen LogP contribution in [0, 0.1) is 12.8 Å². The second kappa shape index (κ2) is 7.70. The number of fused-ring (bicyclic) bond motifs is 2. The molecule has 1 aliphatic heterocycles. The number of ether oxygens (including phenoxy) is 3. The van der Waals surface area contributed by atoms with Gasteiger partial charge in [-0.2, -0.15) is 0 Å². The van der Waals surface area contributed by atoms with Crippen molar-refractivity contribution in [3.8, 4) is 17.2 Å². The lowest BCUT2D eigenvalue weighted by atomic mass is 9.95. The van der Waals surface area contributed by atoms with E-state index in [0.717, 1.165) is 16.7 Å². The number of aryl methyl sites for hydroxylation is 1. The Morgan fingerprint density at radius 2 is 1.83 bits per heavy atom. The normalized spacial score (nSPS) is 14.1. The summed E-state index contributed by atoms with van der Waals surface area (Å²) in [6, 6.07) is 11.1. The molecule has 2 aromatic carbocycles. The molecule has 0 radical (unpaired) electrons. The molecule has 152 valence electrons. The Morgan fingerprint density at radius 1 is 1.07 bits per heavy atom. The van der Waals surface area contributed by atoms with Crippen molar-refractivity contribution in [2.45, 2.75) is 26.8 Å². The van der Waals surface area contributed by atoms with Crippen molar-refractivity contribution in [3.05, 3.63) is 53.3 Å². The first-order valence-corrected chi connectivity index (χ1v) is 9.75. The molecule has 0 bridgehead atoms. The van der Waals surface area contributed by atoms with Gasteiger partial charge in [-0.25, -0.2) is 0 Å². The number of hydrogen-bond acceptors (Lipinski definition) is 5. The fourth-order valence-electron chi connectivity index (χ4n) is 3.71. The Hall–Kier alpha value is -3.15. The van der Waals surface area contributed by atoms with Crippen LogP contribution in [0.25, 0.3) is 11.0 Å². The highest BCUT2D eigenvalue weighted by Gasteiger charge is 2.25. The first kappa shape index (κ1) is 19.2. The molecule has 4 rings (SSSR count). The summed E-state index contributed by atoms with van der Waals surface area (Å²) in [5.74, 6) is 2.70. The molecule has 1 atom stereocenters. The van der Waals surface area contributed by atoms with Crippen molar-refractivity contribution in [2.75, 3.05) is 20.3 Å². The van der Waals surface area contributed by atoms with Gasteiger partial charge in [0.25, 0.3) is 5.91 Å². The summed E-state index contributed by atoms with van der Waals surface area (Å²) in [5.41, 5.74) is 2.16. The molecule has 0 saturated carbocycles. The van der Waals surface area contributed by atoms with Gasteiger partial charge < -0.3 is 23.9 Å². The van der Waals surface area contributed by atoms with Gasteiger partial charge in [0.15, 0.2) is 11.5 Å². The van der Waals surface area contributed by atoms with Gasteiger partial charge in [0.2, 0.25) is 0 Å². The van der Waals surface area contributed by atoms with Gasteiger partial charge in [0, 0.05) is 5.39 Å². The maximum absolute atomic E-state index is 13.2. The Kier molecular flexibility index (Phi) is 5.09. The van der Waals surface area contributed by atoms with Crippen LogP contribution in [0.5, 0.6) is 17.2 Å². The van der Waals surface area contributed by atoms with Crippen molar-refractivity contribution >= 4 is 16.9 Å². The molecular weight excluding hydrogens is 370 g/mol. The number of benzene rings is 2. The predicted molar refractivity (Wildman–Crippen MR) is 110 cm³/mol. The number of amides is 1. The summed E-state index contributed by atoms with van der Waals surface area (Å²) in [7, 11) is 1.60. The van der Waals surface area contributed by atoms with E-state index in [9.17, 15) is 4.79 Å². The van der Waals surface area contributed by atoms with Crippen LogP contribution in [-0.4, -0.2) is 26.2 Å². The van der Waals surface area contributed by atoms with Crippen LogP contribution < -0.4 is 19.5 Å². The molecule has 3 aromatic rings. The maximum Gasteiger partial charge on any atom is 0.255 e. The summed E-state index contributed by atoms with van der Waals surface area (Å²) < 4.78 is 22.4. The molecule has 6 nitrogen and oxygen atoms in total. The lowest BCUT2D eigenvalue weighted by Crippen LogP contribution is -2.32. The van der Waals surface area contributed by atoms with Crippen LogP contribution in [0.2, 0.25) is 0 Å². The zero-order chi connectivity index (χ0) is 20.5. The minimum Gasteiger partial charge on any atom is -0.497 e. The molecule has 6 heteroatoms. The fraction of sp³-hybridized carbons (Fsp3) is 0.348. The number of rotatable bonds is 5. The van der Waals surface area contributed by atoms with Crippen LogP contribution in [-0.2, 0) is 0 Å².